The Morgan fingerprint density at radius 1 is 0.750 bits per heavy atom. The Morgan fingerprint density at radius 3 is 1.79 bits per heavy atom. The Labute approximate surface area is 165 Å². The van der Waals surface area contributed by atoms with E-state index in [-0.39, 0.29) is 17.7 Å². The molecule has 1 atom stereocenters. The number of nitrogens with one attached hydrogen (secondary N) is 2. The summed E-state index contributed by atoms with van der Waals surface area (Å²) in [6, 6.07) is 26.5. The van der Waals surface area contributed by atoms with Gasteiger partial charge in [-0.15, -0.1) is 0 Å². The molecule has 0 aliphatic rings. The van der Waals surface area contributed by atoms with Crippen molar-refractivity contribution in [1.82, 2.24) is 5.32 Å². The van der Waals surface area contributed by atoms with Crippen molar-refractivity contribution in [3.8, 4) is 0 Å². The molecular formula is C24H24N2O2. The Morgan fingerprint density at radius 2 is 1.25 bits per heavy atom. The lowest BCUT2D eigenvalue weighted by Crippen LogP contribution is -2.40. The van der Waals surface area contributed by atoms with E-state index in [2.05, 4.69) is 10.6 Å². The maximum absolute atomic E-state index is 12.8. The standard InChI is InChI=1S/C24H24N2O2/c1-17(24(28)26-22-16-10-9-15-21(22)18(2)27)25-23(19-11-5-3-6-12-19)20-13-7-4-8-14-20/h3-17,23,25H,1-2H3,(H,26,28)/t17-/m1/s1. The first-order valence-electron chi connectivity index (χ1n) is 9.33. The summed E-state index contributed by atoms with van der Waals surface area (Å²) >= 11 is 0. The van der Waals surface area contributed by atoms with E-state index in [9.17, 15) is 9.59 Å². The molecule has 28 heavy (non-hydrogen) atoms. The van der Waals surface area contributed by atoms with E-state index in [0.29, 0.717) is 11.3 Å². The van der Waals surface area contributed by atoms with Crippen molar-refractivity contribution in [3.05, 3.63) is 102 Å². The SMILES string of the molecule is CC(=O)c1ccccc1NC(=O)[C@@H](C)NC(c1ccccc1)c1ccccc1. The van der Waals surface area contributed by atoms with Gasteiger partial charge < -0.3 is 5.32 Å². The van der Waals surface area contributed by atoms with Crippen LogP contribution in [0.5, 0.6) is 0 Å². The number of rotatable bonds is 7. The van der Waals surface area contributed by atoms with Crippen LogP contribution >= 0.6 is 0 Å². The van der Waals surface area contributed by atoms with Gasteiger partial charge in [-0.05, 0) is 37.1 Å². The van der Waals surface area contributed by atoms with Crippen LogP contribution in [-0.2, 0) is 4.79 Å². The lowest BCUT2D eigenvalue weighted by atomic mass is 9.98. The van der Waals surface area contributed by atoms with Gasteiger partial charge in [-0.1, -0.05) is 72.8 Å². The number of hydrogen-bond donors (Lipinski definition) is 2. The zero-order valence-electron chi connectivity index (χ0n) is 16.1. The van der Waals surface area contributed by atoms with Crippen LogP contribution in [0.2, 0.25) is 0 Å². The first-order valence-corrected chi connectivity index (χ1v) is 9.33. The molecule has 0 fully saturated rings. The molecule has 0 unspecified atom stereocenters. The molecule has 0 saturated heterocycles. The third-order valence-electron chi connectivity index (χ3n) is 4.64. The van der Waals surface area contributed by atoms with E-state index in [1.807, 2.05) is 67.6 Å². The predicted octanol–water partition coefficient (Wildman–Crippen LogP) is 4.60. The molecule has 2 N–H and O–H groups in total. The lowest BCUT2D eigenvalue weighted by Gasteiger charge is -2.24. The molecular weight excluding hydrogens is 348 g/mol. The molecule has 3 rings (SSSR count). The molecule has 0 bridgehead atoms. The van der Waals surface area contributed by atoms with Crippen LogP contribution in [-0.4, -0.2) is 17.7 Å². The van der Waals surface area contributed by atoms with Crippen LogP contribution in [0.1, 0.15) is 41.4 Å². The monoisotopic (exact) mass is 372 g/mol. The van der Waals surface area contributed by atoms with E-state index >= 15 is 0 Å². The van der Waals surface area contributed by atoms with Crippen molar-refractivity contribution in [1.29, 1.82) is 0 Å². The summed E-state index contributed by atoms with van der Waals surface area (Å²) in [4.78, 5) is 24.6. The van der Waals surface area contributed by atoms with E-state index in [0.717, 1.165) is 11.1 Å². The van der Waals surface area contributed by atoms with Gasteiger partial charge in [0.05, 0.1) is 17.8 Å². The van der Waals surface area contributed by atoms with Crippen LogP contribution in [0.4, 0.5) is 5.69 Å². The number of para-hydroxylation sites is 1. The molecule has 0 saturated carbocycles. The molecule has 4 nitrogen and oxygen atoms in total. The number of carbonyl (C=O) groups is 2. The number of benzene rings is 3. The van der Waals surface area contributed by atoms with Crippen molar-refractivity contribution >= 4 is 17.4 Å². The second kappa shape index (κ2) is 9.11. The van der Waals surface area contributed by atoms with Crippen molar-refractivity contribution in [2.45, 2.75) is 25.9 Å². The molecule has 0 aromatic heterocycles. The smallest absolute Gasteiger partial charge is 0.241 e. The second-order valence-corrected chi connectivity index (χ2v) is 6.73. The third kappa shape index (κ3) is 4.72. The number of hydrogen-bond acceptors (Lipinski definition) is 3. The zero-order valence-corrected chi connectivity index (χ0v) is 16.1. The van der Waals surface area contributed by atoms with Gasteiger partial charge in [-0.25, -0.2) is 0 Å². The minimum absolute atomic E-state index is 0.0806. The van der Waals surface area contributed by atoms with Gasteiger partial charge in [0, 0.05) is 5.56 Å². The highest BCUT2D eigenvalue weighted by Crippen LogP contribution is 2.23. The summed E-state index contributed by atoms with van der Waals surface area (Å²) in [5.74, 6) is -0.270. The van der Waals surface area contributed by atoms with Crippen molar-refractivity contribution in [3.63, 3.8) is 0 Å². The summed E-state index contributed by atoms with van der Waals surface area (Å²) in [6.45, 7) is 3.32. The highest BCUT2D eigenvalue weighted by molar-refractivity contribution is 6.04. The second-order valence-electron chi connectivity index (χ2n) is 6.73. The Bertz CT molecular complexity index is 900. The molecule has 0 heterocycles. The van der Waals surface area contributed by atoms with Gasteiger partial charge in [-0.2, -0.15) is 0 Å². The van der Waals surface area contributed by atoms with Crippen molar-refractivity contribution < 1.29 is 9.59 Å². The van der Waals surface area contributed by atoms with Crippen LogP contribution in [0.15, 0.2) is 84.9 Å². The van der Waals surface area contributed by atoms with Gasteiger partial charge in [0.25, 0.3) is 0 Å². The molecule has 142 valence electrons. The van der Waals surface area contributed by atoms with Crippen LogP contribution < -0.4 is 10.6 Å². The fourth-order valence-corrected chi connectivity index (χ4v) is 3.14. The van der Waals surface area contributed by atoms with Crippen molar-refractivity contribution in [2.75, 3.05) is 5.32 Å². The quantitative estimate of drug-likeness (QED) is 0.596. The molecule has 0 aliphatic carbocycles. The van der Waals surface area contributed by atoms with Crippen LogP contribution in [0.25, 0.3) is 0 Å². The Kier molecular flexibility index (Phi) is 6.35. The van der Waals surface area contributed by atoms with E-state index in [1.165, 1.54) is 6.92 Å². The van der Waals surface area contributed by atoms with E-state index < -0.39 is 6.04 Å². The molecule has 3 aromatic carbocycles. The van der Waals surface area contributed by atoms with E-state index in [1.54, 1.807) is 24.3 Å². The highest BCUT2D eigenvalue weighted by atomic mass is 16.2. The van der Waals surface area contributed by atoms with Gasteiger partial charge in [0.15, 0.2) is 5.78 Å². The molecule has 0 spiro atoms. The molecule has 4 heteroatoms. The molecule has 1 amide bonds. The number of Topliss-reactive ketones (excluding diaryl/α,β-unsaturated/α-hetero) is 1. The molecule has 0 radical (unpaired) electrons. The maximum Gasteiger partial charge on any atom is 0.241 e. The maximum atomic E-state index is 12.8. The Balaban J connectivity index is 1.80. The number of ketones is 1. The summed E-state index contributed by atoms with van der Waals surface area (Å²) in [5, 5.41) is 6.30. The largest absolute Gasteiger partial charge is 0.324 e. The van der Waals surface area contributed by atoms with E-state index in [4.69, 9.17) is 0 Å². The number of amides is 1. The van der Waals surface area contributed by atoms with Gasteiger partial charge in [0.2, 0.25) is 5.91 Å². The van der Waals surface area contributed by atoms with Gasteiger partial charge in [-0.3, -0.25) is 14.9 Å². The van der Waals surface area contributed by atoms with Gasteiger partial charge >= 0.3 is 0 Å². The number of carbonyl (C=O) groups excluding carboxylic acids is 2. The first-order chi connectivity index (χ1) is 13.6. The average Bonchev–Trinajstić information content (AvgIpc) is 2.73. The van der Waals surface area contributed by atoms with Crippen LogP contribution in [0, 0.1) is 0 Å². The fourth-order valence-electron chi connectivity index (χ4n) is 3.14. The van der Waals surface area contributed by atoms with Gasteiger partial charge in [0.1, 0.15) is 0 Å². The summed E-state index contributed by atoms with van der Waals surface area (Å²) in [6.07, 6.45) is 0. The topological polar surface area (TPSA) is 58.2 Å². The molecule has 0 aliphatic heterocycles. The molecule has 3 aromatic rings. The lowest BCUT2D eigenvalue weighted by molar-refractivity contribution is -0.117. The zero-order chi connectivity index (χ0) is 19.9. The Hall–Kier alpha value is -3.24. The summed E-state index contributed by atoms with van der Waals surface area (Å²) in [5.41, 5.74) is 3.20. The third-order valence-corrected chi connectivity index (χ3v) is 4.64. The summed E-state index contributed by atoms with van der Waals surface area (Å²) in [7, 11) is 0. The normalized spacial score (nSPS) is 11.8. The summed E-state index contributed by atoms with van der Waals surface area (Å²) < 4.78 is 0. The van der Waals surface area contributed by atoms with Crippen LogP contribution in [0.3, 0.4) is 0 Å². The fraction of sp³-hybridized carbons (Fsp3) is 0.167. The highest BCUT2D eigenvalue weighted by Gasteiger charge is 2.21. The van der Waals surface area contributed by atoms with Crippen molar-refractivity contribution in [2.24, 2.45) is 0 Å². The number of anilines is 1. The predicted molar refractivity (Wildman–Crippen MR) is 112 cm³/mol. The minimum atomic E-state index is -0.467. The minimum Gasteiger partial charge on any atom is -0.324 e. The average molecular weight is 372 g/mol. The first kappa shape index (κ1) is 19.5.